The monoisotopic (exact) mass is 390 g/mol. The highest BCUT2D eigenvalue weighted by atomic mass is 32.2. The Kier molecular flexibility index (Phi) is 4.98. The zero-order chi connectivity index (χ0) is 18.9. The van der Waals surface area contributed by atoms with Gasteiger partial charge < -0.3 is 14.7 Å². The molecule has 1 unspecified atom stereocenters. The van der Waals surface area contributed by atoms with Crippen LogP contribution in [-0.4, -0.2) is 67.5 Å². The number of rotatable bonds is 4. The SMILES string of the molecule is O=C1CNCCN1C1CCCN(S(=O)(=O)c2ccccc2-c2ccno2)C1. The van der Waals surface area contributed by atoms with E-state index in [0.29, 0.717) is 37.5 Å². The van der Waals surface area contributed by atoms with Crippen LogP contribution < -0.4 is 5.32 Å². The first-order valence-corrected chi connectivity index (χ1v) is 10.5. The third-order valence-electron chi connectivity index (χ3n) is 5.13. The lowest BCUT2D eigenvalue weighted by Gasteiger charge is -2.40. The zero-order valence-electron chi connectivity index (χ0n) is 14.9. The maximum Gasteiger partial charge on any atom is 0.243 e. The number of sulfonamides is 1. The average molecular weight is 390 g/mol. The van der Waals surface area contributed by atoms with Crippen LogP contribution >= 0.6 is 0 Å². The van der Waals surface area contributed by atoms with Crippen LogP contribution in [0, 0.1) is 0 Å². The van der Waals surface area contributed by atoms with Crippen LogP contribution in [0.1, 0.15) is 12.8 Å². The molecular weight excluding hydrogens is 368 g/mol. The maximum absolute atomic E-state index is 13.4. The fraction of sp³-hybridized carbons (Fsp3) is 0.444. The van der Waals surface area contributed by atoms with Gasteiger partial charge in [0.1, 0.15) is 0 Å². The summed E-state index contributed by atoms with van der Waals surface area (Å²) in [6, 6.07) is 8.35. The van der Waals surface area contributed by atoms with E-state index in [2.05, 4.69) is 10.5 Å². The molecule has 2 aromatic rings. The minimum Gasteiger partial charge on any atom is -0.356 e. The van der Waals surface area contributed by atoms with Gasteiger partial charge in [-0.3, -0.25) is 4.79 Å². The fourth-order valence-electron chi connectivity index (χ4n) is 3.79. The second-order valence-electron chi connectivity index (χ2n) is 6.80. The summed E-state index contributed by atoms with van der Waals surface area (Å²) in [4.78, 5) is 14.2. The number of aromatic nitrogens is 1. The maximum atomic E-state index is 13.4. The molecule has 27 heavy (non-hydrogen) atoms. The Hall–Kier alpha value is -2.23. The van der Waals surface area contributed by atoms with Crippen LogP contribution in [0.3, 0.4) is 0 Å². The lowest BCUT2D eigenvalue weighted by atomic mass is 10.1. The third kappa shape index (κ3) is 3.50. The number of amides is 1. The zero-order valence-corrected chi connectivity index (χ0v) is 15.7. The van der Waals surface area contributed by atoms with Crippen molar-refractivity contribution >= 4 is 15.9 Å². The van der Waals surface area contributed by atoms with Crippen molar-refractivity contribution in [3.05, 3.63) is 36.5 Å². The molecule has 0 aliphatic carbocycles. The van der Waals surface area contributed by atoms with E-state index >= 15 is 0 Å². The Bertz CT molecular complexity index is 913. The summed E-state index contributed by atoms with van der Waals surface area (Å²) in [5.74, 6) is 0.451. The Morgan fingerprint density at radius 2 is 2.04 bits per heavy atom. The van der Waals surface area contributed by atoms with E-state index in [-0.39, 0.29) is 16.8 Å². The molecule has 2 fully saturated rings. The van der Waals surface area contributed by atoms with E-state index in [4.69, 9.17) is 4.52 Å². The third-order valence-corrected chi connectivity index (χ3v) is 7.06. The number of hydrogen-bond acceptors (Lipinski definition) is 6. The molecule has 2 aliphatic heterocycles. The summed E-state index contributed by atoms with van der Waals surface area (Å²) in [5.41, 5.74) is 0.496. The van der Waals surface area contributed by atoms with E-state index in [1.165, 1.54) is 10.5 Å². The van der Waals surface area contributed by atoms with Crippen molar-refractivity contribution in [1.82, 2.24) is 19.7 Å². The Balaban J connectivity index is 1.62. The van der Waals surface area contributed by atoms with Crippen molar-refractivity contribution in [2.45, 2.75) is 23.8 Å². The van der Waals surface area contributed by atoms with E-state index in [1.807, 2.05) is 4.90 Å². The van der Waals surface area contributed by atoms with Gasteiger partial charge in [-0.05, 0) is 25.0 Å². The van der Waals surface area contributed by atoms with Gasteiger partial charge in [-0.1, -0.05) is 17.3 Å². The summed E-state index contributed by atoms with van der Waals surface area (Å²) in [6.07, 6.45) is 3.04. The van der Waals surface area contributed by atoms with Crippen LogP contribution in [0.25, 0.3) is 11.3 Å². The molecule has 1 N–H and O–H groups in total. The lowest BCUT2D eigenvalue weighted by Crippen LogP contribution is -2.57. The highest BCUT2D eigenvalue weighted by Crippen LogP contribution is 2.31. The highest BCUT2D eigenvalue weighted by Gasteiger charge is 2.36. The van der Waals surface area contributed by atoms with Gasteiger partial charge in [0.25, 0.3) is 0 Å². The molecule has 0 radical (unpaired) electrons. The van der Waals surface area contributed by atoms with Crippen LogP contribution in [0.4, 0.5) is 0 Å². The molecule has 1 aromatic heterocycles. The van der Waals surface area contributed by atoms with Crippen molar-refractivity contribution in [2.24, 2.45) is 0 Å². The first kappa shape index (κ1) is 18.1. The molecule has 2 saturated heterocycles. The molecule has 3 heterocycles. The second-order valence-corrected chi connectivity index (χ2v) is 8.70. The summed E-state index contributed by atoms with van der Waals surface area (Å²) in [6.45, 7) is 2.44. The van der Waals surface area contributed by atoms with Crippen molar-refractivity contribution in [3.8, 4) is 11.3 Å². The van der Waals surface area contributed by atoms with Gasteiger partial charge in [0.2, 0.25) is 15.9 Å². The standard InChI is InChI=1S/C18H22N4O4S/c23-18-12-19-9-11-22(18)14-4-3-10-21(13-14)27(24,25)17-6-2-1-5-15(17)16-7-8-20-26-16/h1-2,5-8,14,19H,3-4,9-13H2. The quantitative estimate of drug-likeness (QED) is 0.834. The number of hydrogen-bond donors (Lipinski definition) is 1. The summed E-state index contributed by atoms with van der Waals surface area (Å²) in [7, 11) is -3.72. The molecule has 2 aliphatic rings. The molecule has 1 amide bonds. The first-order chi connectivity index (χ1) is 13.1. The largest absolute Gasteiger partial charge is 0.356 e. The van der Waals surface area contributed by atoms with Gasteiger partial charge >= 0.3 is 0 Å². The van der Waals surface area contributed by atoms with E-state index in [0.717, 1.165) is 19.4 Å². The number of nitrogens with zero attached hydrogens (tertiary/aromatic N) is 3. The molecule has 0 saturated carbocycles. The Morgan fingerprint density at radius 3 is 2.81 bits per heavy atom. The molecule has 1 aromatic carbocycles. The first-order valence-electron chi connectivity index (χ1n) is 9.08. The Morgan fingerprint density at radius 1 is 1.19 bits per heavy atom. The number of benzene rings is 1. The topological polar surface area (TPSA) is 95.8 Å². The van der Waals surface area contributed by atoms with Crippen molar-refractivity contribution < 1.29 is 17.7 Å². The number of piperazine rings is 1. The van der Waals surface area contributed by atoms with Gasteiger partial charge in [-0.15, -0.1) is 0 Å². The predicted molar refractivity (Wildman–Crippen MR) is 98.3 cm³/mol. The summed E-state index contributed by atoms with van der Waals surface area (Å²) < 4.78 is 33.4. The van der Waals surface area contributed by atoms with Gasteiger partial charge in [0.05, 0.1) is 17.6 Å². The summed E-state index contributed by atoms with van der Waals surface area (Å²) in [5, 5.41) is 6.74. The van der Waals surface area contributed by atoms with Crippen LogP contribution in [0.15, 0.2) is 45.9 Å². The Labute approximate surface area is 158 Å². The van der Waals surface area contributed by atoms with E-state index < -0.39 is 10.0 Å². The molecule has 8 nitrogen and oxygen atoms in total. The number of carbonyl (C=O) groups excluding carboxylic acids is 1. The van der Waals surface area contributed by atoms with Gasteiger partial charge in [0.15, 0.2) is 5.76 Å². The van der Waals surface area contributed by atoms with Crippen LogP contribution in [-0.2, 0) is 14.8 Å². The molecule has 1 atom stereocenters. The molecule has 0 bridgehead atoms. The summed E-state index contributed by atoms with van der Waals surface area (Å²) >= 11 is 0. The highest BCUT2D eigenvalue weighted by molar-refractivity contribution is 7.89. The molecule has 0 spiro atoms. The normalized spacial score (nSPS) is 22.1. The van der Waals surface area contributed by atoms with Crippen LogP contribution in [0.5, 0.6) is 0 Å². The average Bonchev–Trinajstić information content (AvgIpc) is 3.23. The molecular formula is C18H22N4O4S. The fourth-order valence-corrected chi connectivity index (χ4v) is 5.50. The molecule has 9 heteroatoms. The number of carbonyl (C=O) groups is 1. The minimum absolute atomic E-state index is 0.0348. The lowest BCUT2D eigenvalue weighted by molar-refractivity contribution is -0.135. The minimum atomic E-state index is -3.72. The number of nitrogens with one attached hydrogen (secondary N) is 1. The van der Waals surface area contributed by atoms with E-state index in [9.17, 15) is 13.2 Å². The van der Waals surface area contributed by atoms with Gasteiger partial charge in [0, 0.05) is 43.9 Å². The van der Waals surface area contributed by atoms with Gasteiger partial charge in [-0.25, -0.2) is 8.42 Å². The van der Waals surface area contributed by atoms with Crippen molar-refractivity contribution in [3.63, 3.8) is 0 Å². The number of piperidine rings is 1. The predicted octanol–water partition coefficient (Wildman–Crippen LogP) is 0.927. The molecule has 4 rings (SSSR count). The smallest absolute Gasteiger partial charge is 0.243 e. The van der Waals surface area contributed by atoms with Gasteiger partial charge in [-0.2, -0.15) is 4.31 Å². The van der Waals surface area contributed by atoms with Crippen LogP contribution in [0.2, 0.25) is 0 Å². The van der Waals surface area contributed by atoms with E-state index in [1.54, 1.807) is 30.3 Å². The van der Waals surface area contributed by atoms with Crippen molar-refractivity contribution in [2.75, 3.05) is 32.7 Å². The van der Waals surface area contributed by atoms with Crippen molar-refractivity contribution in [1.29, 1.82) is 0 Å². The molecule has 144 valence electrons. The second kappa shape index (κ2) is 7.41.